The number of nitrogens with one attached hydrogen (secondary N) is 2. The number of rotatable bonds is 6. The summed E-state index contributed by atoms with van der Waals surface area (Å²) in [7, 11) is 0. The second kappa shape index (κ2) is 6.06. The van der Waals surface area contributed by atoms with Crippen LogP contribution in [0, 0.1) is 6.92 Å². The van der Waals surface area contributed by atoms with Crippen LogP contribution in [0.2, 0.25) is 0 Å². The minimum absolute atomic E-state index is 0.430. The van der Waals surface area contributed by atoms with E-state index in [1.807, 2.05) is 16.9 Å². The highest BCUT2D eigenvalue weighted by atomic mass is 32.1. The number of nitrogen functional groups attached to an aromatic ring is 1. The number of anilines is 2. The van der Waals surface area contributed by atoms with Crippen molar-refractivity contribution in [2.24, 2.45) is 5.84 Å². The molecule has 0 fully saturated rings. The van der Waals surface area contributed by atoms with Crippen molar-refractivity contribution < 1.29 is 0 Å². The topological polar surface area (TPSA) is 93.7 Å². The summed E-state index contributed by atoms with van der Waals surface area (Å²) in [6.45, 7) is 3.74. The molecule has 0 spiro atoms. The summed E-state index contributed by atoms with van der Waals surface area (Å²) in [6.07, 6.45) is 4.71. The number of hydrazine groups is 1. The van der Waals surface area contributed by atoms with Crippen LogP contribution in [0.3, 0.4) is 0 Å². The number of hydrogen-bond donors (Lipinski definition) is 3. The van der Waals surface area contributed by atoms with Crippen LogP contribution < -0.4 is 16.6 Å². The molecule has 0 bridgehead atoms. The van der Waals surface area contributed by atoms with Gasteiger partial charge in [0.15, 0.2) is 0 Å². The van der Waals surface area contributed by atoms with E-state index in [2.05, 4.69) is 38.8 Å². The summed E-state index contributed by atoms with van der Waals surface area (Å²) in [5, 5.41) is 8.57. The predicted octanol–water partition coefficient (Wildman–Crippen LogP) is 1.98. The maximum absolute atomic E-state index is 5.43. The lowest BCUT2D eigenvalue weighted by Gasteiger charge is -2.08. The van der Waals surface area contributed by atoms with Gasteiger partial charge in [0.05, 0.1) is 5.39 Å². The van der Waals surface area contributed by atoms with E-state index in [0.29, 0.717) is 5.95 Å². The van der Waals surface area contributed by atoms with E-state index in [0.717, 1.165) is 35.5 Å². The molecule has 0 aliphatic rings. The third-order valence-corrected chi connectivity index (χ3v) is 4.01. The number of nitrogens with zero attached hydrogens (tertiary/aromatic N) is 4. The first-order valence-electron chi connectivity index (χ1n) is 6.72. The molecule has 3 aromatic rings. The maximum atomic E-state index is 5.43. The minimum atomic E-state index is 0.430. The number of thiophene rings is 1. The average Bonchev–Trinajstić information content (AvgIpc) is 3.11. The van der Waals surface area contributed by atoms with Crippen LogP contribution in [0.4, 0.5) is 11.8 Å². The van der Waals surface area contributed by atoms with Crippen LogP contribution in [-0.4, -0.2) is 26.3 Å². The van der Waals surface area contributed by atoms with Gasteiger partial charge in [-0.15, -0.1) is 11.3 Å². The van der Waals surface area contributed by atoms with Crippen molar-refractivity contribution >= 4 is 33.3 Å². The Morgan fingerprint density at radius 2 is 2.29 bits per heavy atom. The van der Waals surface area contributed by atoms with Crippen LogP contribution >= 0.6 is 11.3 Å². The van der Waals surface area contributed by atoms with E-state index >= 15 is 0 Å². The van der Waals surface area contributed by atoms with Gasteiger partial charge in [-0.2, -0.15) is 10.1 Å². The van der Waals surface area contributed by atoms with Gasteiger partial charge in [-0.3, -0.25) is 10.1 Å². The molecule has 0 saturated heterocycles. The fourth-order valence-corrected chi connectivity index (χ4v) is 3.00. The molecule has 3 heterocycles. The van der Waals surface area contributed by atoms with E-state index in [4.69, 9.17) is 5.84 Å². The molecule has 4 N–H and O–H groups in total. The third kappa shape index (κ3) is 3.11. The van der Waals surface area contributed by atoms with Gasteiger partial charge < -0.3 is 5.32 Å². The first-order valence-corrected chi connectivity index (χ1v) is 7.54. The summed E-state index contributed by atoms with van der Waals surface area (Å²) >= 11 is 1.63. The lowest BCUT2D eigenvalue weighted by atomic mass is 10.3. The Bertz CT molecular complexity index is 720. The van der Waals surface area contributed by atoms with Crippen molar-refractivity contribution in [3.05, 3.63) is 29.4 Å². The maximum Gasteiger partial charge on any atom is 0.240 e. The summed E-state index contributed by atoms with van der Waals surface area (Å²) in [4.78, 5) is 10.9. The van der Waals surface area contributed by atoms with Crippen LogP contribution in [0.15, 0.2) is 24.5 Å². The Kier molecular flexibility index (Phi) is 3.98. The molecule has 0 saturated carbocycles. The van der Waals surface area contributed by atoms with Crippen molar-refractivity contribution in [2.75, 3.05) is 17.3 Å². The van der Waals surface area contributed by atoms with Crippen LogP contribution in [-0.2, 0) is 6.54 Å². The zero-order chi connectivity index (χ0) is 14.7. The number of hydrogen-bond acceptors (Lipinski definition) is 7. The molecular formula is C13H17N7S. The highest BCUT2D eigenvalue weighted by molar-refractivity contribution is 7.18. The molecular weight excluding hydrogens is 286 g/mol. The van der Waals surface area contributed by atoms with Crippen molar-refractivity contribution in [3.8, 4) is 0 Å². The van der Waals surface area contributed by atoms with Crippen LogP contribution in [0.25, 0.3) is 10.2 Å². The number of fused-ring (bicyclic) bond motifs is 1. The number of aromatic nitrogens is 4. The summed E-state index contributed by atoms with van der Waals surface area (Å²) < 4.78 is 1.92. The van der Waals surface area contributed by atoms with Crippen molar-refractivity contribution in [2.45, 2.75) is 19.9 Å². The molecule has 0 atom stereocenters. The second-order valence-corrected chi connectivity index (χ2v) is 5.90. The Balaban J connectivity index is 1.70. The Morgan fingerprint density at radius 1 is 1.38 bits per heavy atom. The summed E-state index contributed by atoms with van der Waals surface area (Å²) in [6, 6.07) is 4.02. The first-order chi connectivity index (χ1) is 10.3. The van der Waals surface area contributed by atoms with E-state index in [1.54, 1.807) is 17.5 Å². The Labute approximate surface area is 126 Å². The quantitative estimate of drug-likeness (QED) is 0.366. The van der Waals surface area contributed by atoms with Gasteiger partial charge in [-0.1, -0.05) is 0 Å². The Hall–Kier alpha value is -2.19. The highest BCUT2D eigenvalue weighted by Gasteiger charge is 2.09. The zero-order valence-corrected chi connectivity index (χ0v) is 12.5. The minimum Gasteiger partial charge on any atom is -0.369 e. The molecule has 3 rings (SSSR count). The van der Waals surface area contributed by atoms with Gasteiger partial charge in [0.1, 0.15) is 10.6 Å². The highest BCUT2D eigenvalue weighted by Crippen LogP contribution is 2.29. The SMILES string of the molecule is Cc1cc2c(NCCCn3cccn3)nc(NN)nc2s1. The van der Waals surface area contributed by atoms with Crippen LogP contribution in [0.1, 0.15) is 11.3 Å². The largest absolute Gasteiger partial charge is 0.369 e. The molecule has 0 unspecified atom stereocenters. The van der Waals surface area contributed by atoms with Gasteiger partial charge in [0.2, 0.25) is 5.95 Å². The molecule has 3 aromatic heterocycles. The molecule has 21 heavy (non-hydrogen) atoms. The zero-order valence-electron chi connectivity index (χ0n) is 11.7. The molecule has 0 radical (unpaired) electrons. The lowest BCUT2D eigenvalue weighted by molar-refractivity contribution is 0.591. The summed E-state index contributed by atoms with van der Waals surface area (Å²) in [5.74, 6) is 6.67. The first kappa shape index (κ1) is 13.8. The third-order valence-electron chi connectivity index (χ3n) is 3.06. The lowest BCUT2D eigenvalue weighted by Crippen LogP contribution is -2.13. The number of nitrogens with two attached hydrogens (primary N) is 1. The van der Waals surface area contributed by atoms with Gasteiger partial charge in [0, 0.05) is 30.4 Å². The number of aryl methyl sites for hydroxylation is 2. The van der Waals surface area contributed by atoms with E-state index in [1.165, 1.54) is 4.88 Å². The second-order valence-electron chi connectivity index (χ2n) is 4.67. The van der Waals surface area contributed by atoms with E-state index in [9.17, 15) is 0 Å². The molecule has 0 amide bonds. The standard InChI is InChI=1S/C13H17N7S/c1-9-8-10-11(17-13(19-14)18-12(10)21-9)15-4-2-6-20-7-3-5-16-20/h3,5,7-8H,2,4,6,14H2,1H3,(H2,15,17,18,19). The smallest absolute Gasteiger partial charge is 0.240 e. The molecule has 0 aromatic carbocycles. The van der Waals surface area contributed by atoms with Crippen LogP contribution in [0.5, 0.6) is 0 Å². The van der Waals surface area contributed by atoms with Crippen molar-refractivity contribution in [1.82, 2.24) is 19.7 Å². The molecule has 0 aliphatic heterocycles. The van der Waals surface area contributed by atoms with E-state index < -0.39 is 0 Å². The van der Waals surface area contributed by atoms with Gasteiger partial charge in [-0.05, 0) is 25.5 Å². The predicted molar refractivity (Wildman–Crippen MR) is 85.3 cm³/mol. The molecule has 8 heteroatoms. The van der Waals surface area contributed by atoms with Gasteiger partial charge >= 0.3 is 0 Å². The van der Waals surface area contributed by atoms with E-state index in [-0.39, 0.29) is 0 Å². The normalized spacial score (nSPS) is 11.0. The fourth-order valence-electron chi connectivity index (χ4n) is 2.12. The Morgan fingerprint density at radius 3 is 3.05 bits per heavy atom. The monoisotopic (exact) mass is 303 g/mol. The summed E-state index contributed by atoms with van der Waals surface area (Å²) in [5.41, 5.74) is 2.51. The van der Waals surface area contributed by atoms with Gasteiger partial charge in [0.25, 0.3) is 0 Å². The molecule has 7 nitrogen and oxygen atoms in total. The van der Waals surface area contributed by atoms with Gasteiger partial charge in [-0.25, -0.2) is 10.8 Å². The van der Waals surface area contributed by atoms with Crippen molar-refractivity contribution in [3.63, 3.8) is 0 Å². The molecule has 110 valence electrons. The average molecular weight is 303 g/mol. The molecule has 0 aliphatic carbocycles. The fraction of sp³-hybridized carbons (Fsp3) is 0.308. The van der Waals surface area contributed by atoms with Crippen molar-refractivity contribution in [1.29, 1.82) is 0 Å².